The van der Waals surface area contributed by atoms with Crippen LogP contribution >= 0.6 is 0 Å². The predicted molar refractivity (Wildman–Crippen MR) is 94.9 cm³/mol. The molecule has 3 aromatic rings. The van der Waals surface area contributed by atoms with Gasteiger partial charge in [-0.1, -0.05) is 18.2 Å². The molecule has 0 spiro atoms. The molecule has 2 aromatic heterocycles. The van der Waals surface area contributed by atoms with E-state index < -0.39 is 0 Å². The lowest BCUT2D eigenvalue weighted by molar-refractivity contribution is 0.249. The Morgan fingerprint density at radius 2 is 2.08 bits per heavy atom. The Kier molecular flexibility index (Phi) is 3.81. The monoisotopic (exact) mass is 335 g/mol. The zero-order chi connectivity index (χ0) is 17.2. The largest absolute Gasteiger partial charge is 0.488 e. The molecule has 0 aliphatic carbocycles. The van der Waals surface area contributed by atoms with E-state index in [2.05, 4.69) is 20.5 Å². The second-order valence-electron chi connectivity index (χ2n) is 5.72. The summed E-state index contributed by atoms with van der Waals surface area (Å²) in [7, 11) is 0. The number of carbonyl (C=O) groups excluding carboxylic acids is 1. The van der Waals surface area contributed by atoms with Crippen LogP contribution in [0.15, 0.2) is 48.7 Å². The van der Waals surface area contributed by atoms with Crippen molar-refractivity contribution in [3.63, 3.8) is 0 Å². The normalized spacial score (nSPS) is 13.1. The molecule has 25 heavy (non-hydrogen) atoms. The maximum absolute atomic E-state index is 12.7. The van der Waals surface area contributed by atoms with Crippen molar-refractivity contribution >= 4 is 17.5 Å². The summed E-state index contributed by atoms with van der Waals surface area (Å²) in [6.07, 6.45) is 1.72. The zero-order valence-electron chi connectivity index (χ0n) is 13.7. The third-order valence-corrected chi connectivity index (χ3v) is 4.04. The number of aryl methyl sites for hydroxylation is 1. The van der Waals surface area contributed by atoms with Gasteiger partial charge in [-0.05, 0) is 31.2 Å². The first kappa shape index (κ1) is 15.2. The summed E-state index contributed by atoms with van der Waals surface area (Å²) in [4.78, 5) is 18.9. The second kappa shape index (κ2) is 6.27. The fourth-order valence-corrected chi connectivity index (χ4v) is 2.76. The number of H-pyrrole nitrogens is 1. The van der Waals surface area contributed by atoms with Crippen LogP contribution in [0.1, 0.15) is 5.69 Å². The molecule has 0 radical (unpaired) electrons. The standard InChI is InChI=1S/C18H17N5O2/c1-12-14(11-19-22-12)15-7-8-16-17(21-15)23(9-10-25-16)18(24)20-13-5-3-2-4-6-13/h2-8,11H,9-10H2,1H3,(H,19,22)(H,20,24). The number of amides is 2. The van der Waals surface area contributed by atoms with Gasteiger partial charge in [0.25, 0.3) is 0 Å². The fraction of sp³-hybridized carbons (Fsp3) is 0.167. The Morgan fingerprint density at radius 1 is 1.24 bits per heavy atom. The van der Waals surface area contributed by atoms with E-state index in [1.165, 1.54) is 0 Å². The van der Waals surface area contributed by atoms with E-state index in [9.17, 15) is 4.79 Å². The summed E-state index contributed by atoms with van der Waals surface area (Å²) < 4.78 is 5.65. The number of pyridine rings is 1. The number of ether oxygens (including phenoxy) is 1. The molecule has 0 unspecified atom stereocenters. The predicted octanol–water partition coefficient (Wildman–Crippen LogP) is 3.21. The Morgan fingerprint density at radius 3 is 2.84 bits per heavy atom. The SMILES string of the molecule is Cc1[nH]ncc1-c1ccc2c(n1)N(C(=O)Nc1ccccc1)CCO2. The summed E-state index contributed by atoms with van der Waals surface area (Å²) >= 11 is 0. The molecule has 1 aliphatic rings. The van der Waals surface area contributed by atoms with Gasteiger partial charge in [0.05, 0.1) is 18.4 Å². The van der Waals surface area contributed by atoms with Crippen molar-refractivity contribution in [3.8, 4) is 17.0 Å². The van der Waals surface area contributed by atoms with Gasteiger partial charge in [-0.15, -0.1) is 0 Å². The number of para-hydroxylation sites is 1. The molecule has 3 heterocycles. The number of benzene rings is 1. The number of fused-ring (bicyclic) bond motifs is 1. The van der Waals surface area contributed by atoms with E-state index in [1.807, 2.05) is 49.4 Å². The minimum atomic E-state index is -0.232. The topological polar surface area (TPSA) is 83.1 Å². The number of aromatic amines is 1. The van der Waals surface area contributed by atoms with Crippen molar-refractivity contribution in [2.45, 2.75) is 6.92 Å². The first-order valence-corrected chi connectivity index (χ1v) is 8.00. The van der Waals surface area contributed by atoms with Gasteiger partial charge < -0.3 is 10.1 Å². The molecule has 1 aromatic carbocycles. The number of carbonyl (C=O) groups is 1. The van der Waals surface area contributed by atoms with Gasteiger partial charge >= 0.3 is 6.03 Å². The Bertz CT molecular complexity index is 907. The van der Waals surface area contributed by atoms with Gasteiger partial charge in [0.1, 0.15) is 6.61 Å². The Labute approximate surface area is 144 Å². The molecule has 0 atom stereocenters. The molecule has 2 N–H and O–H groups in total. The van der Waals surface area contributed by atoms with Gasteiger partial charge in [0.2, 0.25) is 0 Å². The van der Waals surface area contributed by atoms with Crippen molar-refractivity contribution in [3.05, 3.63) is 54.4 Å². The number of hydrogen-bond donors (Lipinski definition) is 2. The lowest BCUT2D eigenvalue weighted by atomic mass is 10.1. The molecule has 2 amide bonds. The number of rotatable bonds is 2. The summed E-state index contributed by atoms with van der Waals surface area (Å²) in [6, 6.07) is 12.8. The van der Waals surface area contributed by atoms with Gasteiger partial charge in [-0.3, -0.25) is 10.00 Å². The average Bonchev–Trinajstić information content (AvgIpc) is 3.07. The van der Waals surface area contributed by atoms with Crippen LogP contribution in [0, 0.1) is 6.92 Å². The number of nitrogens with zero attached hydrogens (tertiary/aromatic N) is 3. The van der Waals surface area contributed by atoms with E-state index >= 15 is 0 Å². The van der Waals surface area contributed by atoms with Crippen LogP contribution in [-0.2, 0) is 0 Å². The first-order chi connectivity index (χ1) is 12.2. The summed E-state index contributed by atoms with van der Waals surface area (Å²) in [5.41, 5.74) is 3.30. The van der Waals surface area contributed by atoms with Gasteiger partial charge in [0.15, 0.2) is 11.6 Å². The molecule has 0 saturated carbocycles. The highest BCUT2D eigenvalue weighted by molar-refractivity contribution is 6.02. The fourth-order valence-electron chi connectivity index (χ4n) is 2.76. The quantitative estimate of drug-likeness (QED) is 0.753. The summed E-state index contributed by atoms with van der Waals surface area (Å²) in [6.45, 7) is 2.80. The molecule has 0 bridgehead atoms. The molecule has 1 aliphatic heterocycles. The minimum Gasteiger partial charge on any atom is -0.488 e. The van der Waals surface area contributed by atoms with Gasteiger partial charge in [-0.2, -0.15) is 5.10 Å². The molecular weight excluding hydrogens is 318 g/mol. The second-order valence-corrected chi connectivity index (χ2v) is 5.72. The van der Waals surface area contributed by atoms with Crippen LogP contribution in [0.3, 0.4) is 0 Å². The molecule has 0 fully saturated rings. The highest BCUT2D eigenvalue weighted by Crippen LogP contribution is 2.33. The number of urea groups is 1. The molecular formula is C18H17N5O2. The van der Waals surface area contributed by atoms with Crippen LogP contribution in [0.25, 0.3) is 11.3 Å². The molecule has 126 valence electrons. The Hall–Kier alpha value is -3.35. The average molecular weight is 335 g/mol. The minimum absolute atomic E-state index is 0.232. The van der Waals surface area contributed by atoms with Crippen LogP contribution < -0.4 is 15.0 Å². The van der Waals surface area contributed by atoms with E-state index in [0.29, 0.717) is 24.7 Å². The van der Waals surface area contributed by atoms with E-state index in [1.54, 1.807) is 11.1 Å². The van der Waals surface area contributed by atoms with Crippen LogP contribution in [0.5, 0.6) is 5.75 Å². The van der Waals surface area contributed by atoms with E-state index in [4.69, 9.17) is 4.74 Å². The highest BCUT2D eigenvalue weighted by atomic mass is 16.5. The zero-order valence-corrected chi connectivity index (χ0v) is 13.7. The smallest absolute Gasteiger partial charge is 0.327 e. The third-order valence-electron chi connectivity index (χ3n) is 4.04. The van der Waals surface area contributed by atoms with Crippen molar-refractivity contribution < 1.29 is 9.53 Å². The number of nitrogens with one attached hydrogen (secondary N) is 2. The third kappa shape index (κ3) is 2.91. The molecule has 7 nitrogen and oxygen atoms in total. The summed E-state index contributed by atoms with van der Waals surface area (Å²) in [5.74, 6) is 1.11. The summed E-state index contributed by atoms with van der Waals surface area (Å²) in [5, 5.41) is 9.82. The van der Waals surface area contributed by atoms with Crippen molar-refractivity contribution in [2.24, 2.45) is 0 Å². The lowest BCUT2D eigenvalue weighted by Crippen LogP contribution is -2.41. The van der Waals surface area contributed by atoms with Crippen LogP contribution in [-0.4, -0.2) is 34.4 Å². The maximum atomic E-state index is 12.7. The van der Waals surface area contributed by atoms with Gasteiger partial charge in [-0.25, -0.2) is 9.78 Å². The van der Waals surface area contributed by atoms with E-state index in [0.717, 1.165) is 22.6 Å². The Balaban J connectivity index is 1.66. The highest BCUT2D eigenvalue weighted by Gasteiger charge is 2.26. The van der Waals surface area contributed by atoms with Gasteiger partial charge in [0, 0.05) is 16.9 Å². The van der Waals surface area contributed by atoms with Crippen LogP contribution in [0.2, 0.25) is 0 Å². The van der Waals surface area contributed by atoms with E-state index in [-0.39, 0.29) is 6.03 Å². The molecule has 0 saturated heterocycles. The molecule has 7 heteroatoms. The number of hydrogen-bond acceptors (Lipinski definition) is 4. The first-order valence-electron chi connectivity index (χ1n) is 8.00. The molecule has 4 rings (SSSR count). The van der Waals surface area contributed by atoms with Crippen molar-refractivity contribution in [1.82, 2.24) is 15.2 Å². The maximum Gasteiger partial charge on any atom is 0.327 e. The van der Waals surface area contributed by atoms with Crippen LogP contribution in [0.4, 0.5) is 16.3 Å². The number of aromatic nitrogens is 3. The van der Waals surface area contributed by atoms with Crippen molar-refractivity contribution in [2.75, 3.05) is 23.4 Å². The van der Waals surface area contributed by atoms with Crippen molar-refractivity contribution in [1.29, 1.82) is 0 Å². The lowest BCUT2D eigenvalue weighted by Gasteiger charge is -2.28. The number of anilines is 2.